The molecule has 0 unspecified atom stereocenters. The number of nitrogens with one attached hydrogen (secondary N) is 1. The van der Waals surface area contributed by atoms with Gasteiger partial charge < -0.3 is 29.3 Å². The van der Waals surface area contributed by atoms with Crippen molar-refractivity contribution in [1.82, 2.24) is 25.1 Å². The summed E-state index contributed by atoms with van der Waals surface area (Å²) in [6.07, 6.45) is 4.86. The van der Waals surface area contributed by atoms with Crippen molar-refractivity contribution in [1.29, 1.82) is 0 Å². The molecule has 3 rings (SSSR count). The quantitative estimate of drug-likeness (QED) is 0.752. The molecular weight excluding hydrogens is 398 g/mol. The van der Waals surface area contributed by atoms with Crippen molar-refractivity contribution in [2.75, 3.05) is 47.3 Å². The molecule has 1 aromatic heterocycles. The molecule has 0 saturated carbocycles. The van der Waals surface area contributed by atoms with E-state index in [1.807, 2.05) is 34.9 Å². The normalized spacial score (nSPS) is 18.4. The summed E-state index contributed by atoms with van der Waals surface area (Å²) >= 11 is 0. The third-order valence-corrected chi connectivity index (χ3v) is 5.25. The van der Waals surface area contributed by atoms with Crippen LogP contribution in [0, 0.1) is 6.92 Å². The number of hydrogen-bond acceptors (Lipinski definition) is 8. The van der Waals surface area contributed by atoms with Crippen molar-refractivity contribution in [2.45, 2.75) is 64.8 Å². The van der Waals surface area contributed by atoms with Crippen LogP contribution in [0.5, 0.6) is 11.8 Å². The Labute approximate surface area is 186 Å². The molecule has 176 valence electrons. The number of nitrogens with zero attached hydrogens (tertiary/aromatic N) is 4. The van der Waals surface area contributed by atoms with Gasteiger partial charge in [0, 0.05) is 39.0 Å². The third kappa shape index (κ3) is 8.14. The number of ether oxygens (including phenoxy) is 3. The van der Waals surface area contributed by atoms with Gasteiger partial charge in [0.2, 0.25) is 11.8 Å². The van der Waals surface area contributed by atoms with Crippen molar-refractivity contribution in [3.63, 3.8) is 0 Å². The zero-order valence-corrected chi connectivity index (χ0v) is 19.9. The maximum absolute atomic E-state index is 12.0. The van der Waals surface area contributed by atoms with E-state index in [9.17, 15) is 4.79 Å². The monoisotopic (exact) mass is 437 g/mol. The Hall–Kier alpha value is -2.13. The number of hydrogen-bond donors (Lipinski definition) is 1. The number of rotatable bonds is 5. The molecule has 1 aromatic rings. The first kappa shape index (κ1) is 25.1. The van der Waals surface area contributed by atoms with Gasteiger partial charge in [-0.15, -0.1) is 0 Å². The Morgan fingerprint density at radius 1 is 1.00 bits per heavy atom. The predicted molar refractivity (Wildman–Crippen MR) is 120 cm³/mol. The van der Waals surface area contributed by atoms with E-state index in [2.05, 4.69) is 27.2 Å². The fraction of sp³-hybridized carbons (Fsp3) is 0.773. The van der Waals surface area contributed by atoms with Gasteiger partial charge in [0.05, 0.1) is 11.7 Å². The Morgan fingerprint density at radius 2 is 1.45 bits per heavy atom. The van der Waals surface area contributed by atoms with Crippen LogP contribution in [0.15, 0.2) is 6.33 Å². The van der Waals surface area contributed by atoms with Gasteiger partial charge in [-0.1, -0.05) is 0 Å². The lowest BCUT2D eigenvalue weighted by molar-refractivity contribution is 0.0503. The summed E-state index contributed by atoms with van der Waals surface area (Å²) in [4.78, 5) is 24.7. The van der Waals surface area contributed by atoms with Crippen molar-refractivity contribution in [3.05, 3.63) is 11.9 Å². The highest BCUT2D eigenvalue weighted by Gasteiger charge is 2.27. The van der Waals surface area contributed by atoms with E-state index in [1.54, 1.807) is 4.90 Å². The molecule has 31 heavy (non-hydrogen) atoms. The lowest BCUT2D eigenvalue weighted by atomic mass is 10.1. The van der Waals surface area contributed by atoms with Crippen molar-refractivity contribution < 1.29 is 19.0 Å². The smallest absolute Gasteiger partial charge is 0.410 e. The second kappa shape index (κ2) is 12.7. The first-order valence-corrected chi connectivity index (χ1v) is 11.2. The molecule has 3 heterocycles. The van der Waals surface area contributed by atoms with E-state index in [-0.39, 0.29) is 24.4 Å². The first-order valence-electron chi connectivity index (χ1n) is 11.2. The maximum atomic E-state index is 12.0. The fourth-order valence-corrected chi connectivity index (χ4v) is 3.51. The van der Waals surface area contributed by atoms with Gasteiger partial charge in [-0.2, -0.15) is 0 Å². The van der Waals surface area contributed by atoms with Crippen molar-refractivity contribution in [2.24, 2.45) is 0 Å². The largest absolute Gasteiger partial charge is 0.474 e. The SMILES string of the molecule is CNC.Cc1c(OC2CCN(C)CC2)ncnc1OC1CCN(C(=O)OC(C)C)CC1. The summed E-state index contributed by atoms with van der Waals surface area (Å²) in [5.74, 6) is 1.18. The Balaban J connectivity index is 0.00000107. The summed E-state index contributed by atoms with van der Waals surface area (Å²) in [6.45, 7) is 8.98. The molecule has 2 fully saturated rings. The molecule has 2 aliphatic heterocycles. The molecular formula is C22H39N5O4. The van der Waals surface area contributed by atoms with E-state index >= 15 is 0 Å². The van der Waals surface area contributed by atoms with Gasteiger partial charge >= 0.3 is 6.09 Å². The van der Waals surface area contributed by atoms with E-state index in [0.717, 1.165) is 44.3 Å². The number of carbonyl (C=O) groups excluding carboxylic acids is 1. The second-order valence-corrected chi connectivity index (χ2v) is 8.47. The van der Waals surface area contributed by atoms with Crippen LogP contribution in [0.25, 0.3) is 0 Å². The number of carbonyl (C=O) groups is 1. The summed E-state index contributed by atoms with van der Waals surface area (Å²) in [6, 6.07) is 0. The molecule has 1 N–H and O–H groups in total. The predicted octanol–water partition coefficient (Wildman–Crippen LogP) is 2.48. The van der Waals surface area contributed by atoms with Crippen LogP contribution < -0.4 is 14.8 Å². The highest BCUT2D eigenvalue weighted by molar-refractivity contribution is 5.67. The van der Waals surface area contributed by atoms with Gasteiger partial charge in [0.1, 0.15) is 18.5 Å². The number of aromatic nitrogens is 2. The van der Waals surface area contributed by atoms with E-state index < -0.39 is 0 Å². The summed E-state index contributed by atoms with van der Waals surface area (Å²) < 4.78 is 17.5. The topological polar surface area (TPSA) is 89.1 Å². The summed E-state index contributed by atoms with van der Waals surface area (Å²) in [5.41, 5.74) is 0.836. The lowest BCUT2D eigenvalue weighted by Crippen LogP contribution is -2.42. The summed E-state index contributed by atoms with van der Waals surface area (Å²) in [5, 5.41) is 2.75. The lowest BCUT2D eigenvalue weighted by Gasteiger charge is -2.32. The van der Waals surface area contributed by atoms with Crippen molar-refractivity contribution in [3.8, 4) is 11.8 Å². The highest BCUT2D eigenvalue weighted by Crippen LogP contribution is 2.27. The minimum atomic E-state index is -0.250. The zero-order valence-electron chi connectivity index (χ0n) is 19.9. The van der Waals surface area contributed by atoms with Gasteiger partial charge in [-0.05, 0) is 54.8 Å². The molecule has 0 aliphatic carbocycles. The molecule has 0 bridgehead atoms. The minimum Gasteiger partial charge on any atom is -0.474 e. The van der Waals surface area contributed by atoms with Crippen LogP contribution in [0.3, 0.4) is 0 Å². The minimum absolute atomic E-state index is 0.0212. The standard InChI is InChI=1S/C20H32N4O4.C2H7N/c1-14(2)26-20(25)24-11-7-17(8-12-24)28-19-15(3)18(21-13-22-19)27-16-5-9-23(4)10-6-16;1-3-2/h13-14,16-17H,5-12H2,1-4H3;3H,1-2H3. The number of amides is 1. The van der Waals surface area contributed by atoms with E-state index in [1.165, 1.54) is 6.33 Å². The van der Waals surface area contributed by atoms with Crippen LogP contribution in [0.4, 0.5) is 4.79 Å². The van der Waals surface area contributed by atoms with Gasteiger partial charge in [0.25, 0.3) is 0 Å². The molecule has 9 heteroatoms. The Bertz CT molecular complexity index is 672. The number of piperidine rings is 2. The zero-order chi connectivity index (χ0) is 22.8. The van der Waals surface area contributed by atoms with Crippen LogP contribution in [0.1, 0.15) is 45.1 Å². The maximum Gasteiger partial charge on any atom is 0.410 e. The average molecular weight is 438 g/mol. The van der Waals surface area contributed by atoms with E-state index in [4.69, 9.17) is 14.2 Å². The van der Waals surface area contributed by atoms with Crippen LogP contribution in [-0.2, 0) is 4.74 Å². The van der Waals surface area contributed by atoms with Gasteiger partial charge in [-0.3, -0.25) is 0 Å². The van der Waals surface area contributed by atoms with E-state index in [0.29, 0.717) is 24.8 Å². The molecule has 0 atom stereocenters. The third-order valence-electron chi connectivity index (χ3n) is 5.25. The molecule has 9 nitrogen and oxygen atoms in total. The van der Waals surface area contributed by atoms with Crippen LogP contribution in [0.2, 0.25) is 0 Å². The second-order valence-electron chi connectivity index (χ2n) is 8.47. The first-order chi connectivity index (χ1) is 14.8. The molecule has 2 saturated heterocycles. The summed E-state index contributed by atoms with van der Waals surface area (Å²) in [7, 11) is 5.88. The van der Waals surface area contributed by atoms with Crippen LogP contribution >= 0.6 is 0 Å². The Morgan fingerprint density at radius 3 is 1.90 bits per heavy atom. The molecule has 0 spiro atoms. The highest BCUT2D eigenvalue weighted by atomic mass is 16.6. The molecule has 2 aliphatic rings. The van der Waals surface area contributed by atoms with Crippen molar-refractivity contribution >= 4 is 6.09 Å². The molecule has 1 amide bonds. The number of likely N-dealkylation sites (tertiary alicyclic amines) is 2. The molecule has 0 aromatic carbocycles. The average Bonchev–Trinajstić information content (AvgIpc) is 2.73. The Kier molecular flexibility index (Phi) is 10.3. The van der Waals surface area contributed by atoms with Crippen LogP contribution in [-0.4, -0.2) is 91.5 Å². The van der Waals surface area contributed by atoms with Gasteiger partial charge in [0.15, 0.2) is 0 Å². The fourth-order valence-electron chi connectivity index (χ4n) is 3.51. The molecule has 0 radical (unpaired) electrons. The van der Waals surface area contributed by atoms with Gasteiger partial charge in [-0.25, -0.2) is 14.8 Å².